The van der Waals surface area contributed by atoms with E-state index >= 15 is 0 Å². The highest BCUT2D eigenvalue weighted by Gasteiger charge is 2.60. The zero-order valence-electron chi connectivity index (χ0n) is 18.5. The van der Waals surface area contributed by atoms with Gasteiger partial charge in [-0.25, -0.2) is 4.79 Å². The Morgan fingerprint density at radius 2 is 1.82 bits per heavy atom. The number of hydrogen-bond acceptors (Lipinski definition) is 4. The lowest BCUT2D eigenvalue weighted by molar-refractivity contribution is -0.307. The standard InChI is InChI=1S/C21H27F6N3O3/c1-13(7-9-28-19(32)33-18(20(22,23)24)21(25,26)27)29(3)11-16-6-4-5-15-8-10-30(14(2)31)12-17(15)16/h4-6,13,18H,7-12H2,1-3H3,(H,28,32). The van der Waals surface area contributed by atoms with Crippen LogP contribution in [0.1, 0.15) is 37.0 Å². The number of alkyl halides is 6. The van der Waals surface area contributed by atoms with E-state index in [1.165, 1.54) is 12.5 Å². The fourth-order valence-corrected chi connectivity index (χ4v) is 3.56. The fourth-order valence-electron chi connectivity index (χ4n) is 3.56. The maximum Gasteiger partial charge on any atom is 0.434 e. The summed E-state index contributed by atoms with van der Waals surface area (Å²) in [6.07, 6.45) is -16.4. The highest BCUT2D eigenvalue weighted by molar-refractivity contribution is 5.73. The van der Waals surface area contributed by atoms with Gasteiger partial charge in [-0.2, -0.15) is 26.3 Å². The van der Waals surface area contributed by atoms with Crippen molar-refractivity contribution in [2.24, 2.45) is 0 Å². The molecule has 1 aromatic carbocycles. The van der Waals surface area contributed by atoms with E-state index in [2.05, 4.69) is 4.74 Å². The molecule has 0 spiro atoms. The molecule has 0 saturated carbocycles. The number of nitrogens with zero attached hydrogens (tertiary/aromatic N) is 2. The minimum absolute atomic E-state index is 0.00609. The topological polar surface area (TPSA) is 61.9 Å². The summed E-state index contributed by atoms with van der Waals surface area (Å²) in [4.78, 5) is 26.9. The van der Waals surface area contributed by atoms with Crippen molar-refractivity contribution < 1.29 is 40.7 Å². The third-order valence-corrected chi connectivity index (χ3v) is 5.64. The first kappa shape index (κ1) is 26.7. The number of amides is 2. The summed E-state index contributed by atoms with van der Waals surface area (Å²) in [6.45, 7) is 4.85. The fraction of sp³-hybridized carbons (Fsp3) is 0.619. The van der Waals surface area contributed by atoms with Crippen LogP contribution < -0.4 is 5.32 Å². The van der Waals surface area contributed by atoms with Crippen molar-refractivity contribution in [3.8, 4) is 0 Å². The number of alkyl carbamates (subject to hydrolysis) is 1. The van der Waals surface area contributed by atoms with Gasteiger partial charge in [-0.05, 0) is 43.5 Å². The van der Waals surface area contributed by atoms with Gasteiger partial charge in [0.15, 0.2) is 0 Å². The van der Waals surface area contributed by atoms with Crippen LogP contribution >= 0.6 is 0 Å². The summed E-state index contributed by atoms with van der Waals surface area (Å²) >= 11 is 0. The lowest BCUT2D eigenvalue weighted by Gasteiger charge is -2.32. The summed E-state index contributed by atoms with van der Waals surface area (Å²) < 4.78 is 78.4. The van der Waals surface area contributed by atoms with Crippen molar-refractivity contribution in [2.75, 3.05) is 20.1 Å². The lowest BCUT2D eigenvalue weighted by Crippen LogP contribution is -2.47. The summed E-state index contributed by atoms with van der Waals surface area (Å²) in [5, 5.41) is 1.94. The van der Waals surface area contributed by atoms with Crippen molar-refractivity contribution in [3.63, 3.8) is 0 Å². The second kappa shape index (κ2) is 10.6. The van der Waals surface area contributed by atoms with Crippen LogP contribution in [0.15, 0.2) is 18.2 Å². The van der Waals surface area contributed by atoms with E-state index in [1.54, 1.807) is 4.90 Å². The number of ether oxygens (including phenoxy) is 1. The minimum atomic E-state index is -5.75. The molecular weight excluding hydrogens is 456 g/mol. The van der Waals surface area contributed by atoms with Crippen molar-refractivity contribution in [2.45, 2.75) is 64.3 Å². The first-order valence-electron chi connectivity index (χ1n) is 10.3. The molecule has 33 heavy (non-hydrogen) atoms. The van der Waals surface area contributed by atoms with Gasteiger partial charge < -0.3 is 15.0 Å². The number of carbonyl (C=O) groups is 2. The highest BCUT2D eigenvalue weighted by atomic mass is 19.4. The quantitative estimate of drug-likeness (QED) is 0.596. The first-order chi connectivity index (χ1) is 15.2. The van der Waals surface area contributed by atoms with E-state index in [4.69, 9.17) is 0 Å². The molecule has 0 aromatic heterocycles. The Morgan fingerprint density at radius 3 is 2.39 bits per heavy atom. The van der Waals surface area contributed by atoms with Gasteiger partial charge in [0.1, 0.15) is 0 Å². The van der Waals surface area contributed by atoms with Gasteiger partial charge in [0.2, 0.25) is 5.91 Å². The van der Waals surface area contributed by atoms with Crippen LogP contribution in [0.4, 0.5) is 31.1 Å². The highest BCUT2D eigenvalue weighted by Crippen LogP contribution is 2.35. The predicted octanol–water partition coefficient (Wildman–Crippen LogP) is 4.02. The minimum Gasteiger partial charge on any atom is -0.427 e. The second-order valence-corrected chi connectivity index (χ2v) is 8.09. The molecule has 6 nitrogen and oxygen atoms in total. The molecule has 2 rings (SSSR count). The Hall–Kier alpha value is -2.50. The van der Waals surface area contributed by atoms with Crippen molar-refractivity contribution in [1.29, 1.82) is 0 Å². The van der Waals surface area contributed by atoms with Crippen LogP contribution in [-0.2, 0) is 29.0 Å². The Morgan fingerprint density at radius 1 is 1.18 bits per heavy atom. The van der Waals surface area contributed by atoms with E-state index in [0.717, 1.165) is 17.5 Å². The number of benzene rings is 1. The van der Waals surface area contributed by atoms with Gasteiger partial charge in [-0.15, -0.1) is 0 Å². The monoisotopic (exact) mass is 483 g/mol. The van der Waals surface area contributed by atoms with Crippen LogP contribution in [0, 0.1) is 0 Å². The van der Waals surface area contributed by atoms with E-state index in [-0.39, 0.29) is 24.9 Å². The van der Waals surface area contributed by atoms with Crippen LogP contribution in [-0.4, -0.2) is 66.4 Å². The molecule has 0 radical (unpaired) electrons. The van der Waals surface area contributed by atoms with Crippen LogP contribution in [0.5, 0.6) is 0 Å². The smallest absolute Gasteiger partial charge is 0.427 e. The Bertz CT molecular complexity index is 830. The Labute approximate surface area is 187 Å². The molecule has 0 fully saturated rings. The van der Waals surface area contributed by atoms with Crippen LogP contribution in [0.2, 0.25) is 0 Å². The maximum absolute atomic E-state index is 12.5. The number of carbonyl (C=O) groups excluding carboxylic acids is 2. The average molecular weight is 483 g/mol. The molecule has 1 aromatic rings. The van der Waals surface area contributed by atoms with Gasteiger partial charge in [0.05, 0.1) is 0 Å². The summed E-state index contributed by atoms with van der Waals surface area (Å²) in [5.41, 5.74) is 3.27. The molecule has 0 bridgehead atoms. The molecule has 1 aliphatic rings. The SMILES string of the molecule is CC(=O)N1CCc2cccc(CN(C)C(C)CCNC(=O)OC(C(F)(F)F)C(F)(F)F)c2C1. The summed E-state index contributed by atoms with van der Waals surface area (Å²) in [5.74, 6) is -0.00609. The predicted molar refractivity (Wildman–Crippen MR) is 107 cm³/mol. The third-order valence-electron chi connectivity index (χ3n) is 5.64. The van der Waals surface area contributed by atoms with Gasteiger partial charge in [0, 0.05) is 39.1 Å². The number of rotatable bonds is 7. The van der Waals surface area contributed by atoms with Gasteiger partial charge in [-0.3, -0.25) is 9.69 Å². The normalized spacial score (nSPS) is 15.4. The number of halogens is 6. The lowest BCUT2D eigenvalue weighted by atomic mass is 9.94. The van der Waals surface area contributed by atoms with Crippen molar-refractivity contribution in [3.05, 3.63) is 34.9 Å². The Kier molecular flexibility index (Phi) is 8.61. The molecule has 186 valence electrons. The van der Waals surface area contributed by atoms with Gasteiger partial charge in [-0.1, -0.05) is 18.2 Å². The molecule has 12 heteroatoms. The van der Waals surface area contributed by atoms with E-state index in [9.17, 15) is 35.9 Å². The maximum atomic E-state index is 12.5. The van der Waals surface area contributed by atoms with Gasteiger partial charge >= 0.3 is 18.4 Å². The van der Waals surface area contributed by atoms with Crippen molar-refractivity contribution >= 4 is 12.0 Å². The van der Waals surface area contributed by atoms with Gasteiger partial charge in [0.25, 0.3) is 6.10 Å². The molecule has 0 saturated heterocycles. The van der Waals surface area contributed by atoms with E-state index in [1.807, 2.05) is 42.4 Å². The van der Waals surface area contributed by atoms with Crippen LogP contribution in [0.25, 0.3) is 0 Å². The summed E-state index contributed by atoms with van der Waals surface area (Å²) in [7, 11) is 1.82. The molecule has 1 heterocycles. The van der Waals surface area contributed by atoms with E-state index < -0.39 is 24.5 Å². The number of fused-ring (bicyclic) bond motifs is 1. The average Bonchev–Trinajstić information content (AvgIpc) is 2.70. The number of hydrogen-bond donors (Lipinski definition) is 1. The molecule has 1 unspecified atom stereocenters. The molecule has 0 aliphatic carbocycles. The largest absolute Gasteiger partial charge is 0.434 e. The molecule has 1 aliphatic heterocycles. The Balaban J connectivity index is 1.89. The van der Waals surface area contributed by atoms with E-state index in [0.29, 0.717) is 19.6 Å². The molecular formula is C21H27F6N3O3. The molecule has 2 amide bonds. The first-order valence-corrected chi connectivity index (χ1v) is 10.3. The third kappa shape index (κ3) is 7.51. The second-order valence-electron chi connectivity index (χ2n) is 8.09. The zero-order chi connectivity index (χ0) is 25.0. The van der Waals surface area contributed by atoms with Crippen molar-refractivity contribution in [1.82, 2.24) is 15.1 Å². The number of nitrogens with one attached hydrogen (secondary N) is 1. The zero-order valence-corrected chi connectivity index (χ0v) is 18.5. The molecule has 1 N–H and O–H groups in total. The van der Waals surface area contributed by atoms with Crippen LogP contribution in [0.3, 0.4) is 0 Å². The summed E-state index contributed by atoms with van der Waals surface area (Å²) in [6, 6.07) is 5.75. The molecule has 1 atom stereocenters.